The van der Waals surface area contributed by atoms with E-state index in [2.05, 4.69) is 69.2 Å². The fourth-order valence-corrected chi connectivity index (χ4v) is 2.31. The van der Waals surface area contributed by atoms with Gasteiger partial charge in [0.1, 0.15) is 0 Å². The number of para-hydroxylation sites is 1. The van der Waals surface area contributed by atoms with Gasteiger partial charge in [0.2, 0.25) is 0 Å². The fraction of sp³-hybridized carbons (Fsp3) is 0.625. The van der Waals surface area contributed by atoms with Crippen LogP contribution in [0.1, 0.15) is 45.7 Å². The maximum Gasteiger partial charge on any atom is 0.0412 e. The van der Waals surface area contributed by atoms with Crippen molar-refractivity contribution in [2.24, 2.45) is 5.92 Å². The molecule has 0 saturated heterocycles. The number of hydrogen-bond acceptors (Lipinski definition) is 2. The van der Waals surface area contributed by atoms with Gasteiger partial charge in [-0.3, -0.25) is 0 Å². The molecule has 0 spiro atoms. The number of rotatable bonds is 7. The minimum Gasteiger partial charge on any atom is -0.374 e. The third-order valence-electron chi connectivity index (χ3n) is 3.61. The van der Waals surface area contributed by atoms with Gasteiger partial charge in [0.15, 0.2) is 0 Å². The smallest absolute Gasteiger partial charge is 0.0412 e. The predicted octanol–water partition coefficient (Wildman–Crippen LogP) is 3.84. The van der Waals surface area contributed by atoms with Crippen molar-refractivity contribution < 1.29 is 0 Å². The van der Waals surface area contributed by atoms with Crippen LogP contribution in [0.4, 0.5) is 5.69 Å². The lowest BCUT2D eigenvalue weighted by Gasteiger charge is -2.27. The first-order valence-electron chi connectivity index (χ1n) is 7.13. The van der Waals surface area contributed by atoms with E-state index in [1.807, 2.05) is 0 Å². The lowest BCUT2D eigenvalue weighted by Crippen LogP contribution is -2.27. The summed E-state index contributed by atoms with van der Waals surface area (Å²) < 4.78 is 0. The molecule has 18 heavy (non-hydrogen) atoms. The minimum absolute atomic E-state index is 0.408. The Kier molecular flexibility index (Phi) is 6.20. The van der Waals surface area contributed by atoms with Crippen LogP contribution in [0.25, 0.3) is 0 Å². The summed E-state index contributed by atoms with van der Waals surface area (Å²) in [5.74, 6) is 0.734. The van der Waals surface area contributed by atoms with E-state index in [9.17, 15) is 0 Å². The zero-order valence-corrected chi connectivity index (χ0v) is 12.5. The molecule has 102 valence electrons. The molecule has 0 saturated carbocycles. The van der Waals surface area contributed by atoms with Crippen LogP contribution in [0.3, 0.4) is 0 Å². The number of benzene rings is 1. The summed E-state index contributed by atoms with van der Waals surface area (Å²) in [5.41, 5.74) is 2.75. The Bertz CT molecular complexity index is 349. The maximum absolute atomic E-state index is 3.50. The van der Waals surface area contributed by atoms with Crippen molar-refractivity contribution in [3.63, 3.8) is 0 Å². The number of nitrogens with zero attached hydrogens (tertiary/aromatic N) is 1. The second kappa shape index (κ2) is 7.42. The van der Waals surface area contributed by atoms with Gasteiger partial charge in [0.05, 0.1) is 0 Å². The van der Waals surface area contributed by atoms with Crippen LogP contribution in [0.2, 0.25) is 0 Å². The molecule has 0 aliphatic rings. The Labute approximate surface area is 112 Å². The molecule has 2 heteroatoms. The first kappa shape index (κ1) is 15.0. The van der Waals surface area contributed by atoms with Gasteiger partial charge < -0.3 is 10.2 Å². The summed E-state index contributed by atoms with van der Waals surface area (Å²) in [7, 11) is 2.20. The average molecular weight is 248 g/mol. The number of anilines is 1. The fourth-order valence-electron chi connectivity index (χ4n) is 2.31. The van der Waals surface area contributed by atoms with Crippen molar-refractivity contribution in [3.8, 4) is 0 Å². The molecule has 0 aromatic heterocycles. The van der Waals surface area contributed by atoms with Crippen molar-refractivity contribution >= 4 is 5.69 Å². The van der Waals surface area contributed by atoms with E-state index in [-0.39, 0.29) is 0 Å². The van der Waals surface area contributed by atoms with Gasteiger partial charge >= 0.3 is 0 Å². The van der Waals surface area contributed by atoms with Gasteiger partial charge in [-0.1, -0.05) is 45.4 Å². The summed E-state index contributed by atoms with van der Waals surface area (Å²) in [4.78, 5) is 2.39. The van der Waals surface area contributed by atoms with Crippen molar-refractivity contribution in [3.05, 3.63) is 29.8 Å². The summed E-state index contributed by atoms with van der Waals surface area (Å²) in [6, 6.07) is 9.13. The largest absolute Gasteiger partial charge is 0.374 e. The van der Waals surface area contributed by atoms with Crippen molar-refractivity contribution in [2.45, 2.75) is 40.2 Å². The highest BCUT2D eigenvalue weighted by Gasteiger charge is 2.13. The SMILES string of the molecule is CCNC(C)c1ccccc1N(C)CC(C)CC. The maximum atomic E-state index is 3.50. The van der Waals surface area contributed by atoms with Gasteiger partial charge in [-0.2, -0.15) is 0 Å². The highest BCUT2D eigenvalue weighted by atomic mass is 15.1. The molecule has 1 aromatic carbocycles. The van der Waals surface area contributed by atoms with Crippen molar-refractivity contribution in [1.82, 2.24) is 5.32 Å². The Morgan fingerprint density at radius 3 is 2.44 bits per heavy atom. The summed E-state index contributed by atoms with van der Waals surface area (Å²) >= 11 is 0. The van der Waals surface area contributed by atoms with Crippen LogP contribution in [-0.2, 0) is 0 Å². The molecule has 2 atom stereocenters. The Balaban J connectivity index is 2.87. The van der Waals surface area contributed by atoms with Gasteiger partial charge in [0, 0.05) is 25.3 Å². The molecule has 0 amide bonds. The van der Waals surface area contributed by atoms with Crippen LogP contribution in [0.5, 0.6) is 0 Å². The highest BCUT2D eigenvalue weighted by Crippen LogP contribution is 2.26. The Morgan fingerprint density at radius 1 is 1.17 bits per heavy atom. The first-order chi connectivity index (χ1) is 8.60. The van der Waals surface area contributed by atoms with Crippen LogP contribution in [0, 0.1) is 5.92 Å². The predicted molar refractivity (Wildman–Crippen MR) is 81.3 cm³/mol. The Morgan fingerprint density at radius 2 is 1.83 bits per heavy atom. The molecule has 0 bridgehead atoms. The van der Waals surface area contributed by atoms with E-state index < -0.39 is 0 Å². The van der Waals surface area contributed by atoms with Gasteiger partial charge in [-0.25, -0.2) is 0 Å². The quantitative estimate of drug-likeness (QED) is 0.788. The molecule has 1 rings (SSSR count). The minimum atomic E-state index is 0.408. The topological polar surface area (TPSA) is 15.3 Å². The standard InChI is InChI=1S/C16H28N2/c1-6-13(3)12-18(5)16-11-9-8-10-15(16)14(4)17-7-2/h8-11,13-14,17H,6-7,12H2,1-5H3. The number of hydrogen-bond donors (Lipinski definition) is 1. The zero-order valence-electron chi connectivity index (χ0n) is 12.5. The van der Waals surface area contributed by atoms with Crippen LogP contribution < -0.4 is 10.2 Å². The third kappa shape index (κ3) is 4.02. The van der Waals surface area contributed by atoms with Crippen LogP contribution in [0.15, 0.2) is 24.3 Å². The molecular weight excluding hydrogens is 220 g/mol. The molecule has 0 aliphatic carbocycles. The molecule has 2 nitrogen and oxygen atoms in total. The monoisotopic (exact) mass is 248 g/mol. The summed E-state index contributed by atoms with van der Waals surface area (Å²) in [5, 5.41) is 3.50. The van der Waals surface area contributed by atoms with E-state index >= 15 is 0 Å². The highest BCUT2D eigenvalue weighted by molar-refractivity contribution is 5.54. The molecule has 2 unspecified atom stereocenters. The molecule has 0 heterocycles. The van der Waals surface area contributed by atoms with Crippen LogP contribution >= 0.6 is 0 Å². The van der Waals surface area contributed by atoms with E-state index in [4.69, 9.17) is 0 Å². The van der Waals surface area contributed by atoms with Gasteiger partial charge in [-0.05, 0) is 31.0 Å². The van der Waals surface area contributed by atoms with Gasteiger partial charge in [-0.15, -0.1) is 0 Å². The van der Waals surface area contributed by atoms with Crippen molar-refractivity contribution in [2.75, 3.05) is 25.0 Å². The normalized spacial score (nSPS) is 14.3. The van der Waals surface area contributed by atoms with E-state index in [0.29, 0.717) is 6.04 Å². The third-order valence-corrected chi connectivity index (χ3v) is 3.61. The van der Waals surface area contributed by atoms with E-state index in [1.165, 1.54) is 17.7 Å². The van der Waals surface area contributed by atoms with Crippen LogP contribution in [-0.4, -0.2) is 20.1 Å². The van der Waals surface area contributed by atoms with Gasteiger partial charge in [0.25, 0.3) is 0 Å². The summed E-state index contributed by atoms with van der Waals surface area (Å²) in [6.45, 7) is 11.1. The number of nitrogens with one attached hydrogen (secondary N) is 1. The molecular formula is C16H28N2. The average Bonchev–Trinajstić information content (AvgIpc) is 2.38. The summed E-state index contributed by atoms with van der Waals surface area (Å²) in [6.07, 6.45) is 1.23. The first-order valence-corrected chi connectivity index (χ1v) is 7.13. The van der Waals surface area contributed by atoms with E-state index in [1.54, 1.807) is 0 Å². The molecule has 1 N–H and O–H groups in total. The molecule has 1 aromatic rings. The lowest BCUT2D eigenvalue weighted by atomic mass is 10.0. The second-order valence-corrected chi connectivity index (χ2v) is 5.23. The molecule has 0 fully saturated rings. The lowest BCUT2D eigenvalue weighted by molar-refractivity contribution is 0.554. The Hall–Kier alpha value is -1.02. The zero-order chi connectivity index (χ0) is 13.5. The molecule has 0 radical (unpaired) electrons. The van der Waals surface area contributed by atoms with Crippen molar-refractivity contribution in [1.29, 1.82) is 0 Å². The van der Waals surface area contributed by atoms with E-state index in [0.717, 1.165) is 19.0 Å². The second-order valence-electron chi connectivity index (χ2n) is 5.23. The molecule has 0 aliphatic heterocycles.